The summed E-state index contributed by atoms with van der Waals surface area (Å²) in [5, 5.41) is 2.15. The molecule has 0 spiro atoms. The molecule has 0 fully saturated rings. The van der Waals surface area contributed by atoms with Gasteiger partial charge in [0.2, 0.25) is 0 Å². The third kappa shape index (κ3) is 3.82. The molecule has 0 saturated heterocycles. The van der Waals surface area contributed by atoms with Crippen LogP contribution in [-0.4, -0.2) is 20.3 Å². The van der Waals surface area contributed by atoms with Crippen molar-refractivity contribution in [2.45, 2.75) is 6.54 Å². The van der Waals surface area contributed by atoms with Gasteiger partial charge in [-0.3, -0.25) is 0 Å². The van der Waals surface area contributed by atoms with Gasteiger partial charge in [-0.25, -0.2) is 0 Å². The molecular weight excluding hydrogens is 230 g/mol. The van der Waals surface area contributed by atoms with Gasteiger partial charge >= 0.3 is 0 Å². The molecular formula is C14H18NO3+. The van der Waals surface area contributed by atoms with Crippen molar-refractivity contribution in [3.8, 4) is 11.5 Å². The van der Waals surface area contributed by atoms with Crippen LogP contribution in [0.2, 0.25) is 0 Å². The van der Waals surface area contributed by atoms with Crippen LogP contribution in [0, 0.1) is 0 Å². The largest absolute Gasteiger partial charge is 0.497 e. The molecule has 1 heterocycles. The van der Waals surface area contributed by atoms with E-state index in [1.165, 1.54) is 0 Å². The summed E-state index contributed by atoms with van der Waals surface area (Å²) in [7, 11) is 1.65. The molecule has 2 rings (SSSR count). The van der Waals surface area contributed by atoms with Gasteiger partial charge in [-0.1, -0.05) is 6.07 Å². The fraction of sp³-hybridized carbons (Fsp3) is 0.286. The maximum Gasteiger partial charge on any atom is 0.157 e. The highest BCUT2D eigenvalue weighted by atomic mass is 16.5. The van der Waals surface area contributed by atoms with Crippen molar-refractivity contribution in [2.24, 2.45) is 0 Å². The van der Waals surface area contributed by atoms with E-state index in [4.69, 9.17) is 13.9 Å². The minimum atomic E-state index is 0.661. The van der Waals surface area contributed by atoms with Gasteiger partial charge in [-0.05, 0) is 24.3 Å². The first-order valence-corrected chi connectivity index (χ1v) is 5.99. The van der Waals surface area contributed by atoms with Gasteiger partial charge in [-0.2, -0.15) is 0 Å². The predicted octanol–water partition coefficient (Wildman–Crippen LogP) is 1.43. The Bertz CT molecular complexity index is 454. The van der Waals surface area contributed by atoms with Crippen LogP contribution in [0.3, 0.4) is 0 Å². The van der Waals surface area contributed by atoms with Crippen LogP contribution < -0.4 is 14.8 Å². The van der Waals surface area contributed by atoms with Crippen molar-refractivity contribution in [3.05, 3.63) is 48.4 Å². The van der Waals surface area contributed by atoms with E-state index in [0.29, 0.717) is 6.61 Å². The van der Waals surface area contributed by atoms with E-state index in [9.17, 15) is 0 Å². The van der Waals surface area contributed by atoms with Crippen LogP contribution in [0.1, 0.15) is 5.76 Å². The first-order chi connectivity index (χ1) is 8.88. The van der Waals surface area contributed by atoms with Crippen molar-refractivity contribution in [2.75, 3.05) is 20.3 Å². The second-order valence-corrected chi connectivity index (χ2v) is 3.89. The SMILES string of the molecule is COc1cccc(OCC[NH2+]Cc2ccco2)c1. The minimum Gasteiger partial charge on any atom is -0.497 e. The Hall–Kier alpha value is -1.94. The zero-order chi connectivity index (χ0) is 12.6. The minimum absolute atomic E-state index is 0.661. The van der Waals surface area contributed by atoms with E-state index in [-0.39, 0.29) is 0 Å². The maximum atomic E-state index is 5.63. The topological polar surface area (TPSA) is 48.2 Å². The fourth-order valence-corrected chi connectivity index (χ4v) is 1.62. The molecule has 0 bridgehead atoms. The molecule has 0 amide bonds. The summed E-state index contributed by atoms with van der Waals surface area (Å²) in [6.07, 6.45) is 1.69. The number of ether oxygens (including phenoxy) is 2. The van der Waals surface area contributed by atoms with Crippen molar-refractivity contribution >= 4 is 0 Å². The number of hydrogen-bond acceptors (Lipinski definition) is 3. The van der Waals surface area contributed by atoms with E-state index in [1.807, 2.05) is 36.4 Å². The van der Waals surface area contributed by atoms with E-state index >= 15 is 0 Å². The van der Waals surface area contributed by atoms with Crippen molar-refractivity contribution in [3.63, 3.8) is 0 Å². The monoisotopic (exact) mass is 248 g/mol. The molecule has 4 heteroatoms. The molecule has 0 saturated carbocycles. The zero-order valence-corrected chi connectivity index (χ0v) is 10.5. The van der Waals surface area contributed by atoms with Crippen LogP contribution >= 0.6 is 0 Å². The van der Waals surface area contributed by atoms with Crippen molar-refractivity contribution < 1.29 is 19.2 Å². The molecule has 0 unspecified atom stereocenters. The lowest BCUT2D eigenvalue weighted by Crippen LogP contribution is -2.83. The van der Waals surface area contributed by atoms with Gasteiger partial charge in [0.1, 0.15) is 31.2 Å². The van der Waals surface area contributed by atoms with Gasteiger partial charge < -0.3 is 19.2 Å². The highest BCUT2D eigenvalue weighted by Gasteiger charge is 1.99. The molecule has 0 atom stereocenters. The molecule has 1 aromatic heterocycles. The molecule has 1 aromatic carbocycles. The lowest BCUT2D eigenvalue weighted by atomic mass is 10.3. The Morgan fingerprint density at radius 3 is 2.83 bits per heavy atom. The average molecular weight is 248 g/mol. The van der Waals surface area contributed by atoms with E-state index in [0.717, 1.165) is 30.3 Å². The van der Waals surface area contributed by atoms with Gasteiger partial charge in [0.05, 0.1) is 13.4 Å². The summed E-state index contributed by atoms with van der Waals surface area (Å²) >= 11 is 0. The molecule has 2 N–H and O–H groups in total. The van der Waals surface area contributed by atoms with Crippen LogP contribution in [0.4, 0.5) is 0 Å². The summed E-state index contributed by atoms with van der Waals surface area (Å²) < 4.78 is 16.0. The van der Waals surface area contributed by atoms with Gasteiger partial charge in [0.15, 0.2) is 5.76 Å². The van der Waals surface area contributed by atoms with Gasteiger partial charge in [0.25, 0.3) is 0 Å². The summed E-state index contributed by atoms with van der Waals surface area (Å²) in [4.78, 5) is 0. The van der Waals surface area contributed by atoms with E-state index in [1.54, 1.807) is 13.4 Å². The quantitative estimate of drug-likeness (QED) is 0.754. The third-order valence-corrected chi connectivity index (χ3v) is 2.56. The molecule has 18 heavy (non-hydrogen) atoms. The first-order valence-electron chi connectivity index (χ1n) is 5.99. The number of benzene rings is 1. The number of nitrogens with two attached hydrogens (primary N) is 1. The van der Waals surface area contributed by atoms with Crippen LogP contribution in [-0.2, 0) is 6.54 Å². The second-order valence-electron chi connectivity index (χ2n) is 3.89. The van der Waals surface area contributed by atoms with E-state index < -0.39 is 0 Å². The van der Waals surface area contributed by atoms with Crippen molar-refractivity contribution in [1.29, 1.82) is 0 Å². The predicted molar refractivity (Wildman–Crippen MR) is 67.7 cm³/mol. The highest BCUT2D eigenvalue weighted by molar-refractivity contribution is 5.32. The average Bonchev–Trinajstić information content (AvgIpc) is 2.92. The summed E-state index contributed by atoms with van der Waals surface area (Å²) in [5.74, 6) is 2.63. The lowest BCUT2D eigenvalue weighted by Gasteiger charge is -2.06. The van der Waals surface area contributed by atoms with Gasteiger partial charge in [0, 0.05) is 6.07 Å². The van der Waals surface area contributed by atoms with E-state index in [2.05, 4.69) is 5.32 Å². The zero-order valence-electron chi connectivity index (χ0n) is 10.5. The molecule has 0 radical (unpaired) electrons. The Kier molecular flexibility index (Phi) is 4.67. The normalized spacial score (nSPS) is 10.3. The fourth-order valence-electron chi connectivity index (χ4n) is 1.62. The molecule has 0 aliphatic rings. The number of rotatable bonds is 7. The smallest absolute Gasteiger partial charge is 0.157 e. The number of hydrogen-bond donors (Lipinski definition) is 1. The van der Waals surface area contributed by atoms with Crippen LogP contribution in [0.15, 0.2) is 47.1 Å². The molecule has 2 aromatic rings. The molecule has 0 aliphatic carbocycles. The second kappa shape index (κ2) is 6.71. The Labute approximate surface area is 107 Å². The number of quaternary nitrogens is 1. The Morgan fingerprint density at radius 1 is 1.17 bits per heavy atom. The number of methoxy groups -OCH3 is 1. The number of furan rings is 1. The summed E-state index contributed by atoms with van der Waals surface area (Å²) in [5.41, 5.74) is 0. The van der Waals surface area contributed by atoms with Crippen LogP contribution in [0.5, 0.6) is 11.5 Å². The Balaban J connectivity index is 1.65. The molecule has 0 aliphatic heterocycles. The molecule has 96 valence electrons. The lowest BCUT2D eigenvalue weighted by molar-refractivity contribution is -0.672. The van der Waals surface area contributed by atoms with Gasteiger partial charge in [-0.15, -0.1) is 0 Å². The first kappa shape index (κ1) is 12.5. The third-order valence-electron chi connectivity index (χ3n) is 2.56. The van der Waals surface area contributed by atoms with Crippen LogP contribution in [0.25, 0.3) is 0 Å². The highest BCUT2D eigenvalue weighted by Crippen LogP contribution is 2.18. The molecule has 4 nitrogen and oxygen atoms in total. The standard InChI is InChI=1S/C14H17NO3/c1-16-12-4-2-5-13(10-12)18-9-7-15-11-14-6-3-8-17-14/h2-6,8,10,15H,7,9,11H2,1H3/p+1. The maximum absolute atomic E-state index is 5.63. The van der Waals surface area contributed by atoms with Crippen molar-refractivity contribution in [1.82, 2.24) is 0 Å². The summed E-state index contributed by atoms with van der Waals surface area (Å²) in [6.45, 7) is 2.39. The Morgan fingerprint density at radius 2 is 2.06 bits per heavy atom. The summed E-state index contributed by atoms with van der Waals surface area (Å²) in [6, 6.07) is 11.5.